The number of rotatable bonds is 6. The third-order valence-electron chi connectivity index (χ3n) is 2.79. The average Bonchev–Trinajstić information content (AvgIpc) is 2.42. The molecule has 0 heterocycles. The van der Waals surface area contributed by atoms with Crippen molar-refractivity contribution in [3.8, 4) is 5.75 Å². The zero-order valence-corrected chi connectivity index (χ0v) is 14.5. The Hall–Kier alpha value is -1.60. The highest BCUT2D eigenvalue weighted by Gasteiger charge is 2.17. The minimum absolute atomic E-state index is 0.0118. The van der Waals surface area contributed by atoms with Crippen LogP contribution < -0.4 is 10.1 Å². The second-order valence-corrected chi connectivity index (χ2v) is 8.54. The maximum atomic E-state index is 11.9. The maximum absolute atomic E-state index is 11.9. The summed E-state index contributed by atoms with van der Waals surface area (Å²) in [6.45, 7) is 6.54. The Kier molecular flexibility index (Phi) is 5.96. The molecular formula is C15H24N2O4S. The van der Waals surface area contributed by atoms with Crippen molar-refractivity contribution < 1.29 is 17.9 Å². The number of hydrogen-bond donors (Lipinski definition) is 1. The largest absolute Gasteiger partial charge is 0.484 e. The first-order chi connectivity index (χ1) is 10.0. The van der Waals surface area contributed by atoms with E-state index in [1.807, 2.05) is 20.8 Å². The Morgan fingerprint density at radius 2 is 1.73 bits per heavy atom. The van der Waals surface area contributed by atoms with E-state index in [9.17, 15) is 13.2 Å². The number of carbonyl (C=O) groups is 1. The van der Waals surface area contributed by atoms with E-state index < -0.39 is 10.0 Å². The Labute approximate surface area is 132 Å². The van der Waals surface area contributed by atoms with Crippen LogP contribution in [-0.4, -0.2) is 45.9 Å². The van der Waals surface area contributed by atoms with Crippen molar-refractivity contribution >= 4 is 15.9 Å². The molecule has 0 saturated carbocycles. The number of nitrogens with one attached hydrogen (secondary N) is 1. The van der Waals surface area contributed by atoms with E-state index in [0.29, 0.717) is 12.3 Å². The molecule has 0 bridgehead atoms. The third-order valence-corrected chi connectivity index (χ3v) is 4.62. The minimum Gasteiger partial charge on any atom is -0.484 e. The molecule has 0 aliphatic heterocycles. The van der Waals surface area contributed by atoms with Crippen LogP contribution in [0.4, 0.5) is 0 Å². The van der Waals surface area contributed by atoms with Crippen molar-refractivity contribution in [3.05, 3.63) is 24.3 Å². The fourth-order valence-electron chi connectivity index (χ4n) is 1.48. The zero-order chi connectivity index (χ0) is 17.0. The third kappa shape index (κ3) is 5.65. The summed E-state index contributed by atoms with van der Waals surface area (Å²) in [5, 5.41) is 2.78. The number of ether oxygens (including phenoxy) is 1. The molecule has 0 fully saturated rings. The molecule has 0 aromatic heterocycles. The topological polar surface area (TPSA) is 75.7 Å². The summed E-state index contributed by atoms with van der Waals surface area (Å²) in [5.41, 5.74) is 0.0118. The summed E-state index contributed by atoms with van der Waals surface area (Å²) >= 11 is 0. The standard InChI is InChI=1S/C15H24N2O4S/c1-15(2,3)11-16-14(18)10-21-12-6-8-13(9-7-12)22(19,20)17(4)5/h6-9H,10-11H2,1-5H3,(H,16,18). The summed E-state index contributed by atoms with van der Waals surface area (Å²) in [7, 11) is -0.508. The maximum Gasteiger partial charge on any atom is 0.257 e. The monoisotopic (exact) mass is 328 g/mol. The van der Waals surface area contributed by atoms with Gasteiger partial charge in [0.05, 0.1) is 4.90 Å². The lowest BCUT2D eigenvalue weighted by Crippen LogP contribution is -2.35. The van der Waals surface area contributed by atoms with Crippen LogP contribution in [0.25, 0.3) is 0 Å². The predicted octanol–water partition coefficient (Wildman–Crippen LogP) is 1.48. The van der Waals surface area contributed by atoms with Crippen molar-refractivity contribution in [2.45, 2.75) is 25.7 Å². The smallest absolute Gasteiger partial charge is 0.257 e. The molecule has 7 heteroatoms. The Morgan fingerprint density at radius 1 is 1.18 bits per heavy atom. The van der Waals surface area contributed by atoms with Gasteiger partial charge in [0, 0.05) is 20.6 Å². The molecule has 1 aromatic rings. The number of nitrogens with zero attached hydrogens (tertiary/aromatic N) is 1. The van der Waals surface area contributed by atoms with E-state index in [0.717, 1.165) is 4.31 Å². The first kappa shape index (κ1) is 18.4. The van der Waals surface area contributed by atoms with E-state index in [4.69, 9.17) is 4.74 Å². The van der Waals surface area contributed by atoms with Crippen molar-refractivity contribution in [3.63, 3.8) is 0 Å². The summed E-state index contributed by atoms with van der Waals surface area (Å²) < 4.78 is 30.3. The van der Waals surface area contributed by atoms with E-state index in [1.54, 1.807) is 0 Å². The number of amides is 1. The van der Waals surface area contributed by atoms with Crippen LogP contribution in [0, 0.1) is 5.41 Å². The molecule has 22 heavy (non-hydrogen) atoms. The van der Waals surface area contributed by atoms with Gasteiger partial charge in [0.2, 0.25) is 10.0 Å². The van der Waals surface area contributed by atoms with Gasteiger partial charge in [-0.2, -0.15) is 0 Å². The van der Waals surface area contributed by atoms with Gasteiger partial charge in [-0.15, -0.1) is 0 Å². The second-order valence-electron chi connectivity index (χ2n) is 6.38. The molecule has 0 aliphatic carbocycles. The summed E-state index contributed by atoms with van der Waals surface area (Å²) in [6.07, 6.45) is 0. The van der Waals surface area contributed by atoms with Crippen LogP contribution >= 0.6 is 0 Å². The van der Waals surface area contributed by atoms with Gasteiger partial charge in [-0.05, 0) is 29.7 Å². The lowest BCUT2D eigenvalue weighted by molar-refractivity contribution is -0.123. The molecular weight excluding hydrogens is 304 g/mol. The quantitative estimate of drug-likeness (QED) is 0.858. The molecule has 0 aliphatic rings. The van der Waals surface area contributed by atoms with Gasteiger partial charge in [0.15, 0.2) is 6.61 Å². The molecule has 1 amide bonds. The van der Waals surface area contributed by atoms with Gasteiger partial charge in [-0.1, -0.05) is 20.8 Å². The summed E-state index contributed by atoms with van der Waals surface area (Å²) in [4.78, 5) is 11.8. The van der Waals surface area contributed by atoms with Gasteiger partial charge in [-0.3, -0.25) is 4.79 Å². The molecule has 0 unspecified atom stereocenters. The highest BCUT2D eigenvalue weighted by Crippen LogP contribution is 2.18. The molecule has 0 spiro atoms. The van der Waals surface area contributed by atoms with Crippen LogP contribution in [0.5, 0.6) is 5.75 Å². The molecule has 0 radical (unpaired) electrons. The number of carbonyl (C=O) groups excluding carboxylic acids is 1. The van der Waals surface area contributed by atoms with Crippen LogP contribution in [0.1, 0.15) is 20.8 Å². The fraction of sp³-hybridized carbons (Fsp3) is 0.533. The highest BCUT2D eigenvalue weighted by molar-refractivity contribution is 7.89. The van der Waals surface area contributed by atoms with E-state index in [-0.39, 0.29) is 22.8 Å². The Morgan fingerprint density at radius 3 is 2.18 bits per heavy atom. The summed E-state index contributed by atoms with van der Waals surface area (Å²) in [6, 6.07) is 5.98. The van der Waals surface area contributed by atoms with Crippen molar-refractivity contribution in [1.82, 2.24) is 9.62 Å². The van der Waals surface area contributed by atoms with Gasteiger partial charge in [-0.25, -0.2) is 12.7 Å². The molecule has 0 atom stereocenters. The molecule has 1 rings (SSSR count). The Bertz CT molecular complexity index is 601. The van der Waals surface area contributed by atoms with Crippen LogP contribution in [-0.2, 0) is 14.8 Å². The molecule has 6 nitrogen and oxygen atoms in total. The lowest BCUT2D eigenvalue weighted by Gasteiger charge is -2.18. The van der Waals surface area contributed by atoms with Crippen molar-refractivity contribution in [2.24, 2.45) is 5.41 Å². The van der Waals surface area contributed by atoms with Gasteiger partial charge >= 0.3 is 0 Å². The summed E-state index contributed by atoms with van der Waals surface area (Å²) in [5.74, 6) is 0.239. The van der Waals surface area contributed by atoms with E-state index in [1.165, 1.54) is 38.4 Å². The predicted molar refractivity (Wildman–Crippen MR) is 85.3 cm³/mol. The highest BCUT2D eigenvalue weighted by atomic mass is 32.2. The first-order valence-corrected chi connectivity index (χ1v) is 8.38. The molecule has 1 aromatic carbocycles. The van der Waals surface area contributed by atoms with Crippen molar-refractivity contribution in [2.75, 3.05) is 27.2 Å². The Balaban J connectivity index is 2.57. The molecule has 124 valence electrons. The average molecular weight is 328 g/mol. The van der Waals surface area contributed by atoms with Crippen LogP contribution in [0.3, 0.4) is 0 Å². The number of hydrogen-bond acceptors (Lipinski definition) is 4. The normalized spacial score (nSPS) is 12.3. The zero-order valence-electron chi connectivity index (χ0n) is 13.7. The SMILES string of the molecule is CN(C)S(=O)(=O)c1ccc(OCC(=O)NCC(C)(C)C)cc1. The van der Waals surface area contributed by atoms with E-state index >= 15 is 0 Å². The fourth-order valence-corrected chi connectivity index (χ4v) is 2.38. The van der Waals surface area contributed by atoms with Gasteiger partial charge in [0.1, 0.15) is 5.75 Å². The van der Waals surface area contributed by atoms with Crippen LogP contribution in [0.15, 0.2) is 29.2 Å². The first-order valence-electron chi connectivity index (χ1n) is 6.94. The number of benzene rings is 1. The lowest BCUT2D eigenvalue weighted by atomic mass is 9.97. The second kappa shape index (κ2) is 7.11. The molecule has 0 saturated heterocycles. The van der Waals surface area contributed by atoms with E-state index in [2.05, 4.69) is 5.32 Å². The minimum atomic E-state index is -3.45. The van der Waals surface area contributed by atoms with Gasteiger partial charge < -0.3 is 10.1 Å². The van der Waals surface area contributed by atoms with Gasteiger partial charge in [0.25, 0.3) is 5.91 Å². The van der Waals surface area contributed by atoms with Crippen molar-refractivity contribution in [1.29, 1.82) is 0 Å². The number of sulfonamides is 1. The van der Waals surface area contributed by atoms with Crippen LogP contribution in [0.2, 0.25) is 0 Å². The molecule has 1 N–H and O–H groups in total.